The van der Waals surface area contributed by atoms with Gasteiger partial charge in [-0.3, -0.25) is 0 Å². The summed E-state index contributed by atoms with van der Waals surface area (Å²) >= 11 is 0. The summed E-state index contributed by atoms with van der Waals surface area (Å²) in [6.45, 7) is 7.02. The molecule has 2 aliphatic carbocycles. The second kappa shape index (κ2) is 16.6. The third kappa shape index (κ3) is 6.80. The lowest BCUT2D eigenvalue weighted by atomic mass is 9.33. The van der Waals surface area contributed by atoms with Gasteiger partial charge in [0.25, 0.3) is 6.71 Å². The largest absolute Gasteiger partial charge is 0.333 e. The topological polar surface area (TPSA) is 14.7 Å². The maximum absolute atomic E-state index is 2.78. The number of allylic oxidation sites excluding steroid dienone is 4. The number of anilines is 9. The minimum atomic E-state index is -0.123. The fourth-order valence-electron chi connectivity index (χ4n) is 12.5. The van der Waals surface area contributed by atoms with Crippen LogP contribution in [0.25, 0.3) is 21.8 Å². The molecule has 9 aromatic rings. The van der Waals surface area contributed by atoms with E-state index in [4.69, 9.17) is 0 Å². The van der Waals surface area contributed by atoms with Gasteiger partial charge in [0.1, 0.15) is 0 Å². The molecule has 2 unspecified atom stereocenters. The van der Waals surface area contributed by atoms with Gasteiger partial charge in [-0.25, -0.2) is 0 Å². The zero-order chi connectivity index (χ0) is 46.2. The Balaban J connectivity index is 1.14. The second-order valence-electron chi connectivity index (χ2n) is 20.6. The zero-order valence-corrected chi connectivity index (χ0v) is 39.9. The first-order valence-electron chi connectivity index (χ1n) is 25.3. The highest BCUT2D eigenvalue weighted by atomic mass is 15.2. The molecule has 5 heteroatoms. The van der Waals surface area contributed by atoms with Crippen molar-refractivity contribution in [2.24, 2.45) is 5.92 Å². The average Bonchev–Trinajstić information content (AvgIpc) is 3.74. The van der Waals surface area contributed by atoms with E-state index in [1.54, 1.807) is 5.57 Å². The predicted molar refractivity (Wildman–Crippen MR) is 294 cm³/mol. The van der Waals surface area contributed by atoms with Gasteiger partial charge in [-0.2, -0.15) is 0 Å². The fourth-order valence-corrected chi connectivity index (χ4v) is 12.5. The van der Waals surface area contributed by atoms with Crippen LogP contribution in [0.4, 0.5) is 51.2 Å². The van der Waals surface area contributed by atoms with E-state index in [0.29, 0.717) is 12.0 Å². The van der Waals surface area contributed by atoms with Crippen LogP contribution in [0, 0.1) is 5.92 Å². The number of hydrogen-bond donors (Lipinski definition) is 0. The van der Waals surface area contributed by atoms with E-state index in [1.165, 1.54) is 97.9 Å². The molecular formula is C64H57BN4. The van der Waals surface area contributed by atoms with Crippen LogP contribution in [-0.4, -0.2) is 11.3 Å². The molecule has 4 nitrogen and oxygen atoms in total. The van der Waals surface area contributed by atoms with Crippen LogP contribution >= 0.6 is 0 Å². The van der Waals surface area contributed by atoms with Crippen molar-refractivity contribution >= 4 is 96.1 Å². The summed E-state index contributed by atoms with van der Waals surface area (Å²) in [4.78, 5) is 7.58. The number of hydrogen-bond acceptors (Lipinski definition) is 3. The molecule has 13 rings (SSSR count). The van der Waals surface area contributed by atoms with Gasteiger partial charge in [-0.1, -0.05) is 136 Å². The molecule has 2 aliphatic heterocycles. The molecule has 69 heavy (non-hydrogen) atoms. The summed E-state index contributed by atoms with van der Waals surface area (Å²) in [6.07, 6.45) is 14.5. The van der Waals surface area contributed by atoms with Crippen molar-refractivity contribution in [1.82, 2.24) is 4.57 Å². The Kier molecular flexibility index (Phi) is 10.0. The van der Waals surface area contributed by atoms with Crippen LogP contribution in [0.5, 0.6) is 0 Å². The van der Waals surface area contributed by atoms with Crippen molar-refractivity contribution in [1.29, 1.82) is 0 Å². The van der Waals surface area contributed by atoms with E-state index in [9.17, 15) is 0 Å². The Morgan fingerprint density at radius 2 is 1.14 bits per heavy atom. The first-order valence-corrected chi connectivity index (χ1v) is 25.3. The monoisotopic (exact) mass is 892 g/mol. The van der Waals surface area contributed by atoms with E-state index in [1.807, 2.05) is 0 Å². The van der Waals surface area contributed by atoms with Crippen LogP contribution < -0.4 is 31.1 Å². The van der Waals surface area contributed by atoms with Gasteiger partial charge in [0.05, 0.1) is 6.04 Å². The Bertz CT molecular complexity index is 3420. The standard InChI is InChI=1S/C64H57BN4/c1-64(2,3)45-41-59-62-60(42-45)68(49-31-17-8-18-32-49)58-43-50(66(46-25-11-5-12-26-46)47-27-13-6-14-28-47)37-38-53(58)65(62)63-57(67(59)48-29-15-7-16-30-48)40-39-56-61(63)52-34-20-22-36-55(52)69(56)54-35-21-19-33-51(54)44-23-9-4-10-24-44/h4-9,11-18,20,22,25-34,36-44,54H,10,19,21,23-24,35H2,1-3H3. The van der Waals surface area contributed by atoms with Gasteiger partial charge in [-0.05, 0) is 168 Å². The number of rotatable bonds is 7. The SMILES string of the molecule is CC(C)(C)c1cc2c3c(c1)N(c1ccccc1)c1ccc4c(c1B3c1ccc(N(c3ccccc3)c3ccccc3)cc1N2c1ccccc1)c1ccccc1n4C1CCCC=C1C1CC=CCC1. The van der Waals surface area contributed by atoms with Crippen molar-refractivity contribution in [3.05, 3.63) is 217 Å². The molecule has 0 amide bonds. The van der Waals surface area contributed by atoms with Crippen molar-refractivity contribution in [2.75, 3.05) is 14.7 Å². The van der Waals surface area contributed by atoms with E-state index in [2.05, 4.69) is 246 Å². The third-order valence-electron chi connectivity index (χ3n) is 15.6. The number of aromatic nitrogens is 1. The molecule has 8 aromatic carbocycles. The summed E-state index contributed by atoms with van der Waals surface area (Å²) in [5.74, 6) is 0.587. The summed E-state index contributed by atoms with van der Waals surface area (Å²) in [5.41, 5.74) is 20.2. The van der Waals surface area contributed by atoms with E-state index in [-0.39, 0.29) is 12.1 Å². The molecule has 1 aromatic heterocycles. The lowest BCUT2D eigenvalue weighted by molar-refractivity contribution is 0.424. The number of fused-ring (bicyclic) bond motifs is 8. The lowest BCUT2D eigenvalue weighted by Crippen LogP contribution is -2.61. The second-order valence-corrected chi connectivity index (χ2v) is 20.6. The van der Waals surface area contributed by atoms with Gasteiger partial charge in [0.2, 0.25) is 0 Å². The van der Waals surface area contributed by atoms with Gasteiger partial charge in [0.15, 0.2) is 0 Å². The Labute approximate surface area is 407 Å². The Morgan fingerprint density at radius 1 is 0.522 bits per heavy atom. The smallest absolute Gasteiger partial charge is 0.253 e. The van der Waals surface area contributed by atoms with Crippen LogP contribution in [0.3, 0.4) is 0 Å². The molecule has 0 saturated heterocycles. The Morgan fingerprint density at radius 3 is 1.78 bits per heavy atom. The molecule has 0 spiro atoms. The Hall–Kier alpha value is -7.50. The molecular weight excluding hydrogens is 836 g/mol. The van der Waals surface area contributed by atoms with E-state index < -0.39 is 0 Å². The van der Waals surface area contributed by atoms with Crippen LogP contribution in [-0.2, 0) is 5.41 Å². The van der Waals surface area contributed by atoms with E-state index >= 15 is 0 Å². The van der Waals surface area contributed by atoms with Gasteiger partial charge in [-0.15, -0.1) is 0 Å². The highest BCUT2D eigenvalue weighted by Crippen LogP contribution is 2.50. The number of benzene rings is 8. The van der Waals surface area contributed by atoms with Crippen LogP contribution in [0.2, 0.25) is 0 Å². The molecule has 0 saturated carbocycles. The molecule has 336 valence electrons. The molecule has 0 fully saturated rings. The van der Waals surface area contributed by atoms with Crippen molar-refractivity contribution in [3.63, 3.8) is 0 Å². The fraction of sp³-hybridized carbons (Fsp3) is 0.188. The van der Waals surface area contributed by atoms with Crippen LogP contribution in [0.15, 0.2) is 212 Å². The molecule has 4 aliphatic rings. The maximum Gasteiger partial charge on any atom is 0.253 e. The highest BCUT2D eigenvalue weighted by Gasteiger charge is 2.46. The summed E-state index contributed by atoms with van der Waals surface area (Å²) in [6, 6.07) is 70.9. The van der Waals surface area contributed by atoms with Crippen LogP contribution in [0.1, 0.15) is 70.9 Å². The first-order chi connectivity index (χ1) is 33.9. The number of para-hydroxylation sites is 5. The molecule has 0 bridgehead atoms. The summed E-state index contributed by atoms with van der Waals surface area (Å²) in [7, 11) is 0. The molecule has 0 radical (unpaired) electrons. The number of nitrogens with zero attached hydrogens (tertiary/aromatic N) is 4. The minimum Gasteiger partial charge on any atom is -0.333 e. The quantitative estimate of drug-likeness (QED) is 0.117. The third-order valence-corrected chi connectivity index (χ3v) is 15.6. The highest BCUT2D eigenvalue weighted by molar-refractivity contribution is 7.02. The van der Waals surface area contributed by atoms with Gasteiger partial charge >= 0.3 is 0 Å². The molecule has 2 atom stereocenters. The zero-order valence-electron chi connectivity index (χ0n) is 39.9. The lowest BCUT2D eigenvalue weighted by Gasteiger charge is -2.45. The first kappa shape index (κ1) is 41.7. The van der Waals surface area contributed by atoms with Crippen molar-refractivity contribution in [2.45, 2.75) is 70.8 Å². The average molecular weight is 893 g/mol. The normalized spacial score (nSPS) is 17.4. The maximum atomic E-state index is 2.78. The van der Waals surface area contributed by atoms with Gasteiger partial charge in [0, 0.05) is 73.0 Å². The minimum absolute atomic E-state index is 0.0577. The predicted octanol–water partition coefficient (Wildman–Crippen LogP) is 15.7. The molecule has 0 N–H and O–H groups in total. The van der Waals surface area contributed by atoms with Gasteiger partial charge < -0.3 is 19.3 Å². The molecule has 3 heterocycles. The van der Waals surface area contributed by atoms with E-state index in [0.717, 1.165) is 35.6 Å². The van der Waals surface area contributed by atoms with Crippen molar-refractivity contribution < 1.29 is 0 Å². The van der Waals surface area contributed by atoms with Crippen molar-refractivity contribution in [3.8, 4) is 0 Å². The summed E-state index contributed by atoms with van der Waals surface area (Å²) < 4.78 is 2.78. The summed E-state index contributed by atoms with van der Waals surface area (Å²) in [5, 5.41) is 2.71.